The van der Waals surface area contributed by atoms with Gasteiger partial charge in [-0.25, -0.2) is 0 Å². The van der Waals surface area contributed by atoms with Gasteiger partial charge in [0.15, 0.2) is 0 Å². The largest absolute Gasteiger partial charge is 0.348 e. The third kappa shape index (κ3) is 6.47. The summed E-state index contributed by atoms with van der Waals surface area (Å²) in [4.78, 5) is 58.0. The fourth-order valence-electron chi connectivity index (χ4n) is 5.86. The Labute approximate surface area is 256 Å². The lowest BCUT2D eigenvalue weighted by molar-refractivity contribution is -0.141. The zero-order valence-corrected chi connectivity index (χ0v) is 25.7. The van der Waals surface area contributed by atoms with Crippen LogP contribution in [0.4, 0.5) is 0 Å². The third-order valence-electron chi connectivity index (χ3n) is 8.21. The summed E-state index contributed by atoms with van der Waals surface area (Å²) in [6, 6.07) is 12.3. The monoisotopic (exact) mass is 660 g/mol. The van der Waals surface area contributed by atoms with E-state index in [-0.39, 0.29) is 35.3 Å². The molecule has 3 aromatic rings. The van der Waals surface area contributed by atoms with E-state index in [2.05, 4.69) is 26.2 Å². The molecule has 2 unspecified atom stereocenters. The molecule has 11 heteroatoms. The number of rotatable bonds is 5. The second-order valence-electron chi connectivity index (χ2n) is 10.8. The second kappa shape index (κ2) is 12.5. The van der Waals surface area contributed by atoms with Crippen LogP contribution in [0.15, 0.2) is 47.3 Å². The number of aromatic amines is 1. The third-order valence-corrected chi connectivity index (χ3v) is 9.60. The van der Waals surface area contributed by atoms with E-state index in [4.69, 9.17) is 23.2 Å². The molecular weight excluding hydrogens is 631 g/mol. The number of piperidine rings is 2. The molecule has 2 fully saturated rings. The normalized spacial score (nSPS) is 19.8. The number of hydrogen-bond donors (Lipinski definition) is 2. The Hall–Kier alpha value is -2.88. The van der Waals surface area contributed by atoms with Crippen LogP contribution >= 0.6 is 39.1 Å². The first kappa shape index (κ1) is 29.6. The summed E-state index contributed by atoms with van der Waals surface area (Å²) in [5.41, 5.74) is 2.11. The van der Waals surface area contributed by atoms with E-state index in [0.29, 0.717) is 66.3 Å². The van der Waals surface area contributed by atoms with Crippen LogP contribution in [0.5, 0.6) is 0 Å². The van der Waals surface area contributed by atoms with Crippen LogP contribution in [0.25, 0.3) is 10.9 Å². The number of nitrogens with zero attached hydrogens (tertiary/aromatic N) is 2. The molecule has 2 aromatic carbocycles. The molecule has 0 bridgehead atoms. The van der Waals surface area contributed by atoms with Crippen LogP contribution in [-0.2, 0) is 14.9 Å². The number of nitrogens with one attached hydrogen (secondary N) is 2. The number of H-pyrrole nitrogens is 1. The van der Waals surface area contributed by atoms with Crippen molar-refractivity contribution in [1.82, 2.24) is 20.1 Å². The van der Waals surface area contributed by atoms with E-state index in [1.807, 2.05) is 29.2 Å². The van der Waals surface area contributed by atoms with Gasteiger partial charge in [-0.05, 0) is 66.1 Å². The topological polar surface area (TPSA) is 103 Å². The van der Waals surface area contributed by atoms with E-state index in [0.717, 1.165) is 16.5 Å². The molecular formula is C30H31BrCl2N4O4. The Morgan fingerprint density at radius 1 is 0.976 bits per heavy atom. The molecule has 1 aromatic heterocycles. The Bertz CT molecular complexity index is 1550. The fourth-order valence-corrected chi connectivity index (χ4v) is 6.51. The van der Waals surface area contributed by atoms with E-state index in [1.54, 1.807) is 30.0 Å². The maximum Gasteiger partial charge on any atom is 0.261 e. The Balaban J connectivity index is 1.38. The molecule has 2 aliphatic heterocycles. The van der Waals surface area contributed by atoms with Gasteiger partial charge in [-0.3, -0.25) is 19.2 Å². The van der Waals surface area contributed by atoms with Crippen molar-refractivity contribution in [3.05, 3.63) is 79.6 Å². The van der Waals surface area contributed by atoms with E-state index >= 15 is 0 Å². The van der Waals surface area contributed by atoms with Crippen LogP contribution < -0.4 is 10.9 Å². The highest BCUT2D eigenvalue weighted by Crippen LogP contribution is 2.33. The van der Waals surface area contributed by atoms with Gasteiger partial charge in [0.25, 0.3) is 11.5 Å². The van der Waals surface area contributed by atoms with Crippen LogP contribution in [0, 0.1) is 5.92 Å². The molecule has 2 aliphatic rings. The summed E-state index contributed by atoms with van der Waals surface area (Å²) in [6.07, 6.45) is 1.77. The predicted molar refractivity (Wildman–Crippen MR) is 164 cm³/mol. The number of amides is 3. The Morgan fingerprint density at radius 2 is 1.71 bits per heavy atom. The minimum atomic E-state index is -0.469. The van der Waals surface area contributed by atoms with Crippen molar-refractivity contribution in [1.29, 1.82) is 0 Å². The summed E-state index contributed by atoms with van der Waals surface area (Å²) >= 11 is 16.0. The molecule has 8 nitrogen and oxygen atoms in total. The second-order valence-corrected chi connectivity index (χ2v) is 12.2. The van der Waals surface area contributed by atoms with E-state index in [1.165, 1.54) is 0 Å². The van der Waals surface area contributed by atoms with Gasteiger partial charge in [-0.15, -0.1) is 0 Å². The summed E-state index contributed by atoms with van der Waals surface area (Å²) in [7, 11) is 0. The predicted octanol–water partition coefficient (Wildman–Crippen LogP) is 5.10. The van der Waals surface area contributed by atoms with Gasteiger partial charge >= 0.3 is 0 Å². The van der Waals surface area contributed by atoms with Gasteiger partial charge in [0.05, 0.1) is 10.0 Å². The van der Waals surface area contributed by atoms with Crippen LogP contribution in [-0.4, -0.2) is 64.7 Å². The average molecular weight is 662 g/mol. The number of pyridine rings is 1. The summed E-state index contributed by atoms with van der Waals surface area (Å²) in [5.74, 6) is -0.781. The zero-order chi connectivity index (χ0) is 29.3. The van der Waals surface area contributed by atoms with E-state index in [9.17, 15) is 19.2 Å². The van der Waals surface area contributed by atoms with Gasteiger partial charge in [0.1, 0.15) is 5.56 Å². The zero-order valence-electron chi connectivity index (χ0n) is 22.6. The number of benzene rings is 2. The maximum absolute atomic E-state index is 13.5. The van der Waals surface area contributed by atoms with E-state index < -0.39 is 11.5 Å². The molecule has 5 rings (SSSR count). The van der Waals surface area contributed by atoms with Gasteiger partial charge < -0.3 is 20.1 Å². The standard InChI is InChI=1S/C30H31BrCl2N4O4/c1-17(38)36-9-6-19(7-10-36)30(41)37-11-8-27(23(16-37)20-3-4-24(32)25(33)14-20)35-29(40)22-13-21-12-18(15-31)2-5-26(21)34-28(22)39/h2-5,12-14,19,23,27H,6-11,15-16H2,1H3,(H,34,39)(H,35,40). The number of halogens is 3. The molecule has 3 amide bonds. The number of carbonyl (C=O) groups excluding carboxylic acids is 3. The van der Waals surface area contributed by atoms with Crippen molar-refractivity contribution >= 4 is 67.8 Å². The SMILES string of the molecule is CC(=O)N1CCC(C(=O)N2CCC(NC(=O)c3cc4cc(CBr)ccc4[nH]c3=O)C(c3ccc(Cl)c(Cl)c3)C2)CC1. The van der Waals surface area contributed by atoms with Crippen LogP contribution in [0.3, 0.4) is 0 Å². The number of aromatic nitrogens is 1. The molecule has 2 atom stereocenters. The lowest BCUT2D eigenvalue weighted by Crippen LogP contribution is -2.53. The lowest BCUT2D eigenvalue weighted by atomic mass is 9.84. The fraction of sp³-hybridized carbons (Fsp3) is 0.400. The van der Waals surface area contributed by atoms with Crippen molar-refractivity contribution in [2.24, 2.45) is 5.92 Å². The lowest BCUT2D eigenvalue weighted by Gasteiger charge is -2.41. The molecule has 2 saturated heterocycles. The minimum Gasteiger partial charge on any atom is -0.348 e. The highest BCUT2D eigenvalue weighted by molar-refractivity contribution is 9.08. The van der Waals surface area contributed by atoms with Crippen molar-refractivity contribution in [2.45, 2.75) is 43.5 Å². The van der Waals surface area contributed by atoms with Crippen LogP contribution in [0.2, 0.25) is 10.0 Å². The highest BCUT2D eigenvalue weighted by Gasteiger charge is 2.37. The number of carbonyl (C=O) groups is 3. The molecule has 0 spiro atoms. The van der Waals surface area contributed by atoms with Crippen molar-refractivity contribution in [2.75, 3.05) is 26.2 Å². The average Bonchev–Trinajstić information content (AvgIpc) is 2.97. The molecule has 0 radical (unpaired) electrons. The number of likely N-dealkylation sites (tertiary alicyclic amines) is 2. The van der Waals surface area contributed by atoms with Gasteiger partial charge in [-0.1, -0.05) is 51.3 Å². The minimum absolute atomic E-state index is 0.0287. The number of alkyl halides is 1. The van der Waals surface area contributed by atoms with Gasteiger partial charge in [0.2, 0.25) is 11.8 Å². The molecule has 216 valence electrons. The molecule has 0 aliphatic carbocycles. The maximum atomic E-state index is 13.5. The summed E-state index contributed by atoms with van der Waals surface area (Å²) < 4.78 is 0. The number of fused-ring (bicyclic) bond motifs is 1. The first-order valence-corrected chi connectivity index (χ1v) is 15.5. The highest BCUT2D eigenvalue weighted by atomic mass is 79.9. The van der Waals surface area contributed by atoms with Gasteiger partial charge in [0, 0.05) is 61.8 Å². The molecule has 3 heterocycles. The first-order chi connectivity index (χ1) is 19.6. The Kier molecular flexibility index (Phi) is 9.06. The number of hydrogen-bond acceptors (Lipinski definition) is 4. The molecule has 41 heavy (non-hydrogen) atoms. The van der Waals surface area contributed by atoms with Crippen molar-refractivity contribution in [3.8, 4) is 0 Å². The van der Waals surface area contributed by atoms with Crippen molar-refractivity contribution in [3.63, 3.8) is 0 Å². The van der Waals surface area contributed by atoms with Crippen LogP contribution in [0.1, 0.15) is 53.6 Å². The quantitative estimate of drug-likeness (QED) is 0.372. The molecule has 0 saturated carbocycles. The smallest absolute Gasteiger partial charge is 0.261 e. The first-order valence-electron chi connectivity index (χ1n) is 13.7. The van der Waals surface area contributed by atoms with Crippen molar-refractivity contribution < 1.29 is 14.4 Å². The Morgan fingerprint density at radius 3 is 2.39 bits per heavy atom. The van der Waals surface area contributed by atoms with Gasteiger partial charge in [-0.2, -0.15) is 0 Å². The summed E-state index contributed by atoms with van der Waals surface area (Å²) in [5, 5.41) is 5.32. The molecule has 2 N–H and O–H groups in total. The summed E-state index contributed by atoms with van der Waals surface area (Å²) in [6.45, 7) is 3.56.